The molecule has 3 fully saturated rings. The number of hydrogen-bond acceptors (Lipinski definition) is 3. The Morgan fingerprint density at radius 2 is 1.95 bits per heavy atom. The Balaban J connectivity index is 1.68. The monoisotopic (exact) mass is 275 g/mol. The Hall–Kier alpha value is -0.590. The number of nitriles is 1. The molecule has 0 amide bonds. The molecule has 3 nitrogen and oxygen atoms in total. The van der Waals surface area contributed by atoms with E-state index in [9.17, 15) is 5.26 Å². The molecule has 2 aliphatic carbocycles. The van der Waals surface area contributed by atoms with Crippen molar-refractivity contribution < 1.29 is 0 Å². The van der Waals surface area contributed by atoms with Gasteiger partial charge in [-0.15, -0.1) is 0 Å². The van der Waals surface area contributed by atoms with Gasteiger partial charge in [0.15, 0.2) is 0 Å². The summed E-state index contributed by atoms with van der Waals surface area (Å²) in [6.45, 7) is 6.02. The van der Waals surface area contributed by atoms with Crippen molar-refractivity contribution in [1.29, 1.82) is 5.26 Å². The fourth-order valence-corrected chi connectivity index (χ4v) is 4.29. The Bertz CT molecular complexity index is 384. The van der Waals surface area contributed by atoms with Gasteiger partial charge in [-0.1, -0.05) is 6.92 Å². The van der Waals surface area contributed by atoms with Crippen LogP contribution >= 0.6 is 0 Å². The Labute approximate surface area is 123 Å². The van der Waals surface area contributed by atoms with Crippen LogP contribution in [-0.2, 0) is 0 Å². The Morgan fingerprint density at radius 3 is 2.65 bits per heavy atom. The lowest BCUT2D eigenvalue weighted by Crippen LogP contribution is -2.56. The molecule has 1 N–H and O–H groups in total. The molecule has 4 unspecified atom stereocenters. The van der Waals surface area contributed by atoms with E-state index in [4.69, 9.17) is 0 Å². The predicted octanol–water partition coefficient (Wildman–Crippen LogP) is 3.06. The van der Waals surface area contributed by atoms with Crippen molar-refractivity contribution in [1.82, 2.24) is 10.2 Å². The summed E-state index contributed by atoms with van der Waals surface area (Å²) in [6, 6.07) is 4.58. The van der Waals surface area contributed by atoms with Crippen LogP contribution in [-0.4, -0.2) is 35.1 Å². The van der Waals surface area contributed by atoms with Gasteiger partial charge in [-0.2, -0.15) is 5.26 Å². The second-order valence-corrected chi connectivity index (χ2v) is 7.46. The van der Waals surface area contributed by atoms with Gasteiger partial charge in [0.2, 0.25) is 0 Å². The molecule has 3 rings (SSSR count). The topological polar surface area (TPSA) is 39.1 Å². The molecule has 2 saturated carbocycles. The van der Waals surface area contributed by atoms with E-state index in [0.29, 0.717) is 18.1 Å². The average Bonchev–Trinajstić information content (AvgIpc) is 3.26. The Kier molecular flexibility index (Phi) is 4.06. The van der Waals surface area contributed by atoms with Crippen molar-refractivity contribution in [3.63, 3.8) is 0 Å². The molecule has 0 aromatic heterocycles. The minimum Gasteiger partial charge on any atom is -0.297 e. The van der Waals surface area contributed by atoms with Gasteiger partial charge in [-0.05, 0) is 70.8 Å². The molecule has 1 saturated heterocycles. The highest BCUT2D eigenvalue weighted by Crippen LogP contribution is 2.37. The van der Waals surface area contributed by atoms with Gasteiger partial charge in [0.05, 0.1) is 6.07 Å². The molecule has 3 heteroatoms. The first-order valence-electron chi connectivity index (χ1n) is 8.58. The van der Waals surface area contributed by atoms with Gasteiger partial charge in [-0.3, -0.25) is 10.2 Å². The van der Waals surface area contributed by atoms with Crippen molar-refractivity contribution >= 4 is 0 Å². The second-order valence-electron chi connectivity index (χ2n) is 7.46. The molecule has 0 radical (unpaired) electrons. The van der Waals surface area contributed by atoms with Gasteiger partial charge in [0.1, 0.15) is 5.54 Å². The van der Waals surface area contributed by atoms with Gasteiger partial charge in [0.25, 0.3) is 0 Å². The van der Waals surface area contributed by atoms with E-state index in [1.165, 1.54) is 45.1 Å². The highest BCUT2D eigenvalue weighted by Gasteiger charge is 2.43. The lowest BCUT2D eigenvalue weighted by Gasteiger charge is -2.47. The summed E-state index contributed by atoms with van der Waals surface area (Å²) in [7, 11) is 0. The summed E-state index contributed by atoms with van der Waals surface area (Å²) in [6.07, 6.45) is 9.82. The number of nitrogens with one attached hydrogen (secondary N) is 1. The van der Waals surface area contributed by atoms with Crippen LogP contribution in [0.5, 0.6) is 0 Å². The van der Waals surface area contributed by atoms with Crippen molar-refractivity contribution in [3.05, 3.63) is 0 Å². The van der Waals surface area contributed by atoms with Crippen LogP contribution in [0.3, 0.4) is 0 Å². The van der Waals surface area contributed by atoms with E-state index < -0.39 is 0 Å². The number of piperidine rings is 1. The highest BCUT2D eigenvalue weighted by atomic mass is 15.2. The van der Waals surface area contributed by atoms with Gasteiger partial charge in [-0.25, -0.2) is 0 Å². The molecule has 3 aliphatic rings. The van der Waals surface area contributed by atoms with Crippen LogP contribution in [0.1, 0.15) is 65.2 Å². The first-order chi connectivity index (χ1) is 9.63. The van der Waals surface area contributed by atoms with Crippen molar-refractivity contribution in [2.24, 2.45) is 5.92 Å². The van der Waals surface area contributed by atoms with Gasteiger partial charge >= 0.3 is 0 Å². The summed E-state index contributed by atoms with van der Waals surface area (Å²) in [5.74, 6) is 0.804. The maximum Gasteiger partial charge on any atom is 0.108 e. The van der Waals surface area contributed by atoms with Crippen LogP contribution in [0.15, 0.2) is 0 Å². The van der Waals surface area contributed by atoms with Crippen molar-refractivity contribution in [2.45, 2.75) is 88.9 Å². The molecule has 1 heterocycles. The van der Waals surface area contributed by atoms with Crippen LogP contribution in [0.4, 0.5) is 0 Å². The molecule has 0 spiro atoms. The van der Waals surface area contributed by atoms with E-state index in [1.54, 1.807) is 0 Å². The van der Waals surface area contributed by atoms with Crippen LogP contribution in [0.2, 0.25) is 0 Å². The Morgan fingerprint density at radius 1 is 1.15 bits per heavy atom. The molecule has 20 heavy (non-hydrogen) atoms. The third-order valence-electron chi connectivity index (χ3n) is 5.89. The standard InChI is InChI=1S/C17H29N3/c1-13-5-4-10-20(14(13)2)16-6-3-9-17(11-16,12-18)19-15-7-8-15/h13-16,19H,3-11H2,1-2H3. The van der Waals surface area contributed by atoms with E-state index in [-0.39, 0.29) is 5.54 Å². The largest absolute Gasteiger partial charge is 0.297 e. The number of likely N-dealkylation sites (tertiary alicyclic amines) is 1. The zero-order valence-corrected chi connectivity index (χ0v) is 13.1. The average molecular weight is 275 g/mol. The third-order valence-corrected chi connectivity index (χ3v) is 5.89. The van der Waals surface area contributed by atoms with E-state index in [2.05, 4.69) is 30.1 Å². The lowest BCUT2D eigenvalue weighted by molar-refractivity contribution is 0.0351. The molecular weight excluding hydrogens is 246 g/mol. The fourth-order valence-electron chi connectivity index (χ4n) is 4.29. The fraction of sp³-hybridized carbons (Fsp3) is 0.941. The highest BCUT2D eigenvalue weighted by molar-refractivity contribution is 5.13. The molecule has 0 aromatic rings. The molecular formula is C17H29N3. The molecule has 0 bridgehead atoms. The third kappa shape index (κ3) is 2.87. The van der Waals surface area contributed by atoms with E-state index in [1.807, 2.05) is 0 Å². The smallest absolute Gasteiger partial charge is 0.108 e. The summed E-state index contributed by atoms with van der Waals surface area (Å²) in [5, 5.41) is 13.4. The zero-order valence-electron chi connectivity index (χ0n) is 13.1. The first kappa shape index (κ1) is 14.4. The first-order valence-corrected chi connectivity index (χ1v) is 8.58. The molecule has 1 aliphatic heterocycles. The normalized spacial score (nSPS) is 43.1. The van der Waals surface area contributed by atoms with Crippen LogP contribution < -0.4 is 5.32 Å². The predicted molar refractivity (Wildman–Crippen MR) is 81.3 cm³/mol. The minimum absolute atomic E-state index is 0.232. The summed E-state index contributed by atoms with van der Waals surface area (Å²) in [4.78, 5) is 2.72. The van der Waals surface area contributed by atoms with Crippen LogP contribution in [0, 0.1) is 17.2 Å². The summed E-state index contributed by atoms with van der Waals surface area (Å²) in [5.41, 5.74) is -0.232. The molecule has 112 valence electrons. The maximum atomic E-state index is 9.72. The summed E-state index contributed by atoms with van der Waals surface area (Å²) >= 11 is 0. The number of nitrogens with zero attached hydrogens (tertiary/aromatic N) is 2. The zero-order chi connectivity index (χ0) is 14.2. The van der Waals surface area contributed by atoms with Crippen LogP contribution in [0.25, 0.3) is 0 Å². The summed E-state index contributed by atoms with van der Waals surface area (Å²) < 4.78 is 0. The van der Waals surface area contributed by atoms with E-state index >= 15 is 0 Å². The SMILES string of the molecule is CC1CCCN(C2CCCC(C#N)(NC3CC3)C2)C1C. The lowest BCUT2D eigenvalue weighted by atomic mass is 9.77. The van der Waals surface area contributed by atoms with Gasteiger partial charge in [0, 0.05) is 18.1 Å². The van der Waals surface area contributed by atoms with E-state index in [0.717, 1.165) is 18.8 Å². The van der Waals surface area contributed by atoms with Crippen molar-refractivity contribution in [2.75, 3.05) is 6.54 Å². The second kappa shape index (κ2) is 5.66. The quantitative estimate of drug-likeness (QED) is 0.860. The minimum atomic E-state index is -0.232. The molecule has 4 atom stereocenters. The van der Waals surface area contributed by atoms with Gasteiger partial charge < -0.3 is 0 Å². The number of hydrogen-bond donors (Lipinski definition) is 1. The molecule has 0 aromatic carbocycles. The number of rotatable bonds is 3. The maximum absolute atomic E-state index is 9.72. The van der Waals surface area contributed by atoms with Crippen molar-refractivity contribution in [3.8, 4) is 6.07 Å².